The summed E-state index contributed by atoms with van der Waals surface area (Å²) in [6.45, 7) is 2.33. The summed E-state index contributed by atoms with van der Waals surface area (Å²) in [6, 6.07) is 0.212. The molecule has 18 heavy (non-hydrogen) atoms. The molecule has 1 saturated carbocycles. The second-order valence-corrected chi connectivity index (χ2v) is 7.11. The van der Waals surface area contributed by atoms with Crippen LogP contribution in [0.15, 0.2) is 0 Å². The zero-order valence-corrected chi connectivity index (χ0v) is 12.1. The van der Waals surface area contributed by atoms with Crippen LogP contribution in [-0.4, -0.2) is 4.98 Å². The molecule has 1 aromatic heterocycles. The number of nitrogens with two attached hydrogens (primary N) is 1. The molecule has 2 aliphatic carbocycles. The summed E-state index contributed by atoms with van der Waals surface area (Å²) in [6.07, 6.45) is 10.4. The highest BCUT2D eigenvalue weighted by atomic mass is 32.1. The third-order valence-corrected chi connectivity index (χ3v) is 6.02. The standard InChI is InChI=1S/C15H24N2S/c1-2-10-5-3-6-11(9-10)15-17-14-12(16)7-4-8-13(14)18-15/h10-12H,2-9,16H2,1H3. The van der Waals surface area contributed by atoms with Gasteiger partial charge >= 0.3 is 0 Å². The Morgan fingerprint density at radius 2 is 2.17 bits per heavy atom. The maximum atomic E-state index is 6.19. The second-order valence-electron chi connectivity index (χ2n) is 6.00. The highest BCUT2D eigenvalue weighted by Gasteiger charge is 2.28. The van der Waals surface area contributed by atoms with Crippen LogP contribution in [0.25, 0.3) is 0 Å². The maximum Gasteiger partial charge on any atom is 0.0962 e. The van der Waals surface area contributed by atoms with Gasteiger partial charge in [-0.1, -0.05) is 26.2 Å². The Morgan fingerprint density at radius 3 is 2.94 bits per heavy atom. The van der Waals surface area contributed by atoms with Crippen molar-refractivity contribution >= 4 is 11.3 Å². The summed E-state index contributed by atoms with van der Waals surface area (Å²) >= 11 is 1.97. The van der Waals surface area contributed by atoms with Gasteiger partial charge in [0.05, 0.1) is 10.7 Å². The number of fused-ring (bicyclic) bond motifs is 1. The minimum atomic E-state index is 0.212. The van der Waals surface area contributed by atoms with Gasteiger partial charge in [0.1, 0.15) is 0 Å². The lowest BCUT2D eigenvalue weighted by Gasteiger charge is -2.26. The molecule has 0 amide bonds. The van der Waals surface area contributed by atoms with Crippen molar-refractivity contribution < 1.29 is 0 Å². The summed E-state index contributed by atoms with van der Waals surface area (Å²) < 4.78 is 0. The highest BCUT2D eigenvalue weighted by molar-refractivity contribution is 7.11. The molecule has 3 atom stereocenters. The fourth-order valence-corrected chi connectivity index (χ4v) is 4.86. The van der Waals surface area contributed by atoms with Gasteiger partial charge in [0.2, 0.25) is 0 Å². The number of aryl methyl sites for hydroxylation is 1. The Hall–Kier alpha value is -0.410. The molecule has 3 unspecified atom stereocenters. The van der Waals surface area contributed by atoms with Crippen LogP contribution in [0.2, 0.25) is 0 Å². The quantitative estimate of drug-likeness (QED) is 0.871. The molecule has 3 rings (SSSR count). The minimum absolute atomic E-state index is 0.212. The first-order valence-corrected chi connectivity index (χ1v) is 8.34. The summed E-state index contributed by atoms with van der Waals surface area (Å²) in [5.41, 5.74) is 7.42. The van der Waals surface area contributed by atoms with Crippen molar-refractivity contribution in [3.8, 4) is 0 Å². The van der Waals surface area contributed by atoms with Gasteiger partial charge in [0, 0.05) is 16.8 Å². The van der Waals surface area contributed by atoms with Crippen LogP contribution in [-0.2, 0) is 6.42 Å². The van der Waals surface area contributed by atoms with Crippen molar-refractivity contribution in [3.05, 3.63) is 15.6 Å². The van der Waals surface area contributed by atoms with Gasteiger partial charge in [0.25, 0.3) is 0 Å². The second kappa shape index (κ2) is 5.30. The Bertz CT molecular complexity index is 413. The first-order valence-electron chi connectivity index (χ1n) is 7.53. The smallest absolute Gasteiger partial charge is 0.0962 e. The lowest BCUT2D eigenvalue weighted by Crippen LogP contribution is -2.17. The maximum absolute atomic E-state index is 6.19. The van der Waals surface area contributed by atoms with E-state index in [0.29, 0.717) is 0 Å². The predicted octanol–water partition coefficient (Wildman–Crippen LogP) is 4.16. The SMILES string of the molecule is CCC1CCCC(c2nc3c(s2)CCCC3N)C1. The predicted molar refractivity (Wildman–Crippen MR) is 77.0 cm³/mol. The molecule has 100 valence electrons. The van der Waals surface area contributed by atoms with Gasteiger partial charge in [-0.3, -0.25) is 0 Å². The van der Waals surface area contributed by atoms with E-state index in [1.807, 2.05) is 11.3 Å². The molecule has 2 nitrogen and oxygen atoms in total. The van der Waals surface area contributed by atoms with E-state index in [9.17, 15) is 0 Å². The van der Waals surface area contributed by atoms with Gasteiger partial charge in [-0.15, -0.1) is 11.3 Å². The van der Waals surface area contributed by atoms with E-state index < -0.39 is 0 Å². The monoisotopic (exact) mass is 264 g/mol. The molecule has 2 aliphatic rings. The van der Waals surface area contributed by atoms with E-state index in [0.717, 1.165) is 18.3 Å². The number of rotatable bonds is 2. The van der Waals surface area contributed by atoms with Gasteiger partial charge in [-0.05, 0) is 38.0 Å². The van der Waals surface area contributed by atoms with Crippen molar-refractivity contribution in [3.63, 3.8) is 0 Å². The number of thiazole rings is 1. The molecule has 0 aliphatic heterocycles. The Kier molecular flexibility index (Phi) is 3.71. The molecule has 1 heterocycles. The highest BCUT2D eigenvalue weighted by Crippen LogP contribution is 2.41. The lowest BCUT2D eigenvalue weighted by atomic mass is 9.80. The van der Waals surface area contributed by atoms with Crippen LogP contribution in [0.1, 0.15) is 79.4 Å². The largest absolute Gasteiger partial charge is 0.323 e. The van der Waals surface area contributed by atoms with E-state index in [1.54, 1.807) is 0 Å². The minimum Gasteiger partial charge on any atom is -0.323 e. The van der Waals surface area contributed by atoms with Crippen LogP contribution in [0.5, 0.6) is 0 Å². The van der Waals surface area contributed by atoms with Crippen molar-refractivity contribution in [2.45, 2.75) is 70.3 Å². The van der Waals surface area contributed by atoms with E-state index in [1.165, 1.54) is 60.5 Å². The third-order valence-electron chi connectivity index (χ3n) is 4.72. The Morgan fingerprint density at radius 1 is 1.28 bits per heavy atom. The topological polar surface area (TPSA) is 38.9 Å². The summed E-state index contributed by atoms with van der Waals surface area (Å²) in [5.74, 6) is 1.66. The summed E-state index contributed by atoms with van der Waals surface area (Å²) in [7, 11) is 0. The molecule has 0 spiro atoms. The average Bonchev–Trinajstić information content (AvgIpc) is 2.84. The molecule has 2 N–H and O–H groups in total. The van der Waals surface area contributed by atoms with Crippen LogP contribution in [0.4, 0.5) is 0 Å². The number of aromatic nitrogens is 1. The molecule has 1 aromatic rings. The Balaban J connectivity index is 1.80. The van der Waals surface area contributed by atoms with Crippen molar-refractivity contribution in [2.75, 3.05) is 0 Å². The normalized spacial score (nSPS) is 32.2. The van der Waals surface area contributed by atoms with Gasteiger partial charge < -0.3 is 5.73 Å². The lowest BCUT2D eigenvalue weighted by molar-refractivity contribution is 0.313. The van der Waals surface area contributed by atoms with E-state index in [-0.39, 0.29) is 6.04 Å². The van der Waals surface area contributed by atoms with E-state index in [2.05, 4.69) is 6.92 Å². The average molecular weight is 264 g/mol. The molecule has 0 radical (unpaired) electrons. The molecule has 3 heteroatoms. The van der Waals surface area contributed by atoms with Crippen molar-refractivity contribution in [2.24, 2.45) is 11.7 Å². The molecule has 1 fully saturated rings. The van der Waals surface area contributed by atoms with Gasteiger partial charge in [-0.2, -0.15) is 0 Å². The fourth-order valence-electron chi connectivity index (χ4n) is 3.53. The van der Waals surface area contributed by atoms with Crippen LogP contribution in [0.3, 0.4) is 0 Å². The zero-order chi connectivity index (χ0) is 12.5. The number of nitrogens with zero attached hydrogens (tertiary/aromatic N) is 1. The molecule has 0 bridgehead atoms. The zero-order valence-electron chi connectivity index (χ0n) is 11.3. The summed E-state index contributed by atoms with van der Waals surface area (Å²) in [5, 5.41) is 1.40. The number of hydrogen-bond donors (Lipinski definition) is 1. The first-order chi connectivity index (χ1) is 8.78. The molecule has 0 aromatic carbocycles. The summed E-state index contributed by atoms with van der Waals surface area (Å²) in [4.78, 5) is 6.41. The van der Waals surface area contributed by atoms with Gasteiger partial charge in [-0.25, -0.2) is 4.98 Å². The molecule has 0 saturated heterocycles. The Labute approximate surface area is 114 Å². The van der Waals surface area contributed by atoms with E-state index >= 15 is 0 Å². The van der Waals surface area contributed by atoms with Crippen molar-refractivity contribution in [1.29, 1.82) is 0 Å². The third kappa shape index (κ3) is 2.35. The van der Waals surface area contributed by atoms with E-state index in [4.69, 9.17) is 10.7 Å². The number of hydrogen-bond acceptors (Lipinski definition) is 3. The van der Waals surface area contributed by atoms with Crippen LogP contribution < -0.4 is 5.73 Å². The fraction of sp³-hybridized carbons (Fsp3) is 0.800. The first kappa shape index (κ1) is 12.6. The molecular formula is C15H24N2S. The van der Waals surface area contributed by atoms with Crippen LogP contribution in [0, 0.1) is 5.92 Å². The van der Waals surface area contributed by atoms with Crippen molar-refractivity contribution in [1.82, 2.24) is 4.98 Å². The van der Waals surface area contributed by atoms with Gasteiger partial charge in [0.15, 0.2) is 0 Å². The van der Waals surface area contributed by atoms with Crippen LogP contribution >= 0.6 is 11.3 Å². The molecular weight excluding hydrogens is 240 g/mol.